The molecule has 0 spiro atoms. The van der Waals surface area contributed by atoms with Gasteiger partial charge in [-0.15, -0.1) is 34.2 Å². The third-order valence-corrected chi connectivity index (χ3v) is 6.23. The van der Waals surface area contributed by atoms with Crippen LogP contribution in [0.3, 0.4) is 0 Å². The van der Waals surface area contributed by atoms with Gasteiger partial charge in [0.1, 0.15) is 17.4 Å². The second kappa shape index (κ2) is 12.3. The number of methoxy groups -OCH3 is 1. The summed E-state index contributed by atoms with van der Waals surface area (Å²) >= 11 is 0. The molecule has 2 N–H and O–H groups in total. The summed E-state index contributed by atoms with van der Waals surface area (Å²) in [6.07, 6.45) is 7.86. The fraction of sp³-hybridized carbons (Fsp3) is 0.609. The highest BCUT2D eigenvalue weighted by atomic mass is 127. The van der Waals surface area contributed by atoms with E-state index in [-0.39, 0.29) is 24.0 Å². The zero-order valence-corrected chi connectivity index (χ0v) is 21.5. The summed E-state index contributed by atoms with van der Waals surface area (Å²) in [5, 5.41) is 15.9. The Hall–Kier alpha value is -2.04. The molecule has 32 heavy (non-hydrogen) atoms. The van der Waals surface area contributed by atoms with Crippen molar-refractivity contribution in [2.75, 3.05) is 38.7 Å². The summed E-state index contributed by atoms with van der Waals surface area (Å²) in [6, 6.07) is 8.58. The Bertz CT molecular complexity index is 885. The largest absolute Gasteiger partial charge is 0.495 e. The third-order valence-electron chi connectivity index (χ3n) is 6.23. The molecular formula is C23H36IN7O. The highest BCUT2D eigenvalue weighted by Gasteiger charge is 2.25. The van der Waals surface area contributed by atoms with Crippen LogP contribution in [0.2, 0.25) is 0 Å². The molecule has 4 rings (SSSR count). The first-order chi connectivity index (χ1) is 15.3. The lowest BCUT2D eigenvalue weighted by Crippen LogP contribution is -2.45. The molecule has 9 heteroatoms. The fourth-order valence-corrected chi connectivity index (χ4v) is 4.56. The quantitative estimate of drug-likeness (QED) is 0.238. The number of nitrogens with zero attached hydrogens (tertiary/aromatic N) is 5. The molecule has 2 aromatic rings. The number of benzene rings is 1. The minimum absolute atomic E-state index is 0. The SMILES string of the molecule is CN=C(NCCCc1nnc2n1CCCCC2)NC1CCN(c2ccccc2OC)C1.I. The van der Waals surface area contributed by atoms with E-state index in [1.54, 1.807) is 7.11 Å². The molecule has 0 amide bonds. The minimum Gasteiger partial charge on any atom is -0.495 e. The van der Waals surface area contributed by atoms with Crippen molar-refractivity contribution in [1.29, 1.82) is 0 Å². The molecule has 0 bridgehead atoms. The Morgan fingerprint density at radius 3 is 2.91 bits per heavy atom. The van der Waals surface area contributed by atoms with Crippen LogP contribution in [0.25, 0.3) is 0 Å². The highest BCUT2D eigenvalue weighted by molar-refractivity contribution is 14.0. The first-order valence-corrected chi connectivity index (χ1v) is 11.5. The Labute approximate surface area is 208 Å². The van der Waals surface area contributed by atoms with Gasteiger partial charge in [0.2, 0.25) is 0 Å². The number of anilines is 1. The number of aliphatic imine (C=N–C) groups is 1. The van der Waals surface area contributed by atoms with Gasteiger partial charge in [-0.2, -0.15) is 0 Å². The number of halogens is 1. The van der Waals surface area contributed by atoms with Crippen LogP contribution in [0, 0.1) is 0 Å². The van der Waals surface area contributed by atoms with Crippen molar-refractivity contribution in [2.24, 2.45) is 4.99 Å². The molecule has 0 saturated carbocycles. The monoisotopic (exact) mass is 553 g/mol. The number of rotatable bonds is 7. The van der Waals surface area contributed by atoms with E-state index in [0.717, 1.165) is 75.1 Å². The van der Waals surface area contributed by atoms with Crippen LogP contribution in [-0.2, 0) is 19.4 Å². The second-order valence-corrected chi connectivity index (χ2v) is 8.35. The van der Waals surface area contributed by atoms with Crippen molar-refractivity contribution in [2.45, 2.75) is 57.5 Å². The van der Waals surface area contributed by atoms with Crippen molar-refractivity contribution < 1.29 is 4.74 Å². The molecule has 2 aliphatic rings. The maximum atomic E-state index is 5.52. The van der Waals surface area contributed by atoms with Crippen molar-refractivity contribution >= 4 is 35.6 Å². The van der Waals surface area contributed by atoms with Crippen LogP contribution in [0.1, 0.15) is 43.8 Å². The Balaban J connectivity index is 0.00000289. The molecule has 8 nitrogen and oxygen atoms in total. The van der Waals surface area contributed by atoms with E-state index < -0.39 is 0 Å². The Morgan fingerprint density at radius 1 is 1.19 bits per heavy atom. The van der Waals surface area contributed by atoms with Crippen LogP contribution in [0.15, 0.2) is 29.3 Å². The summed E-state index contributed by atoms with van der Waals surface area (Å²) in [5.41, 5.74) is 1.16. The number of ether oxygens (including phenoxy) is 1. The van der Waals surface area contributed by atoms with E-state index in [9.17, 15) is 0 Å². The average molecular weight is 553 g/mol. The molecule has 1 atom stereocenters. The number of nitrogens with one attached hydrogen (secondary N) is 2. The molecule has 1 unspecified atom stereocenters. The summed E-state index contributed by atoms with van der Waals surface area (Å²) in [6.45, 7) is 3.88. The average Bonchev–Trinajstić information content (AvgIpc) is 3.35. The molecule has 1 saturated heterocycles. The van der Waals surface area contributed by atoms with Gasteiger partial charge >= 0.3 is 0 Å². The van der Waals surface area contributed by atoms with Crippen molar-refractivity contribution in [3.63, 3.8) is 0 Å². The number of aryl methyl sites for hydroxylation is 2. The van der Waals surface area contributed by atoms with Crippen LogP contribution >= 0.6 is 24.0 Å². The Morgan fingerprint density at radius 2 is 2.06 bits per heavy atom. The minimum atomic E-state index is 0. The zero-order chi connectivity index (χ0) is 21.5. The van der Waals surface area contributed by atoms with E-state index in [1.165, 1.54) is 25.1 Å². The molecule has 2 aliphatic heterocycles. The number of hydrogen-bond donors (Lipinski definition) is 2. The summed E-state index contributed by atoms with van der Waals surface area (Å²) in [4.78, 5) is 6.79. The van der Waals surface area contributed by atoms with Crippen molar-refractivity contribution in [3.05, 3.63) is 35.9 Å². The van der Waals surface area contributed by atoms with Gasteiger partial charge in [-0.25, -0.2) is 0 Å². The number of para-hydroxylation sites is 2. The van der Waals surface area contributed by atoms with Gasteiger partial charge in [0.25, 0.3) is 0 Å². The van der Waals surface area contributed by atoms with Crippen LogP contribution in [0.5, 0.6) is 5.75 Å². The van der Waals surface area contributed by atoms with E-state index in [0.29, 0.717) is 6.04 Å². The molecule has 0 radical (unpaired) electrons. The van der Waals surface area contributed by atoms with Gasteiger partial charge in [-0.05, 0) is 37.8 Å². The molecule has 1 aromatic heterocycles. The predicted molar refractivity (Wildman–Crippen MR) is 139 cm³/mol. The first kappa shape index (κ1) is 24.6. The van der Waals surface area contributed by atoms with E-state index in [2.05, 4.69) is 47.4 Å². The molecule has 3 heterocycles. The van der Waals surface area contributed by atoms with Gasteiger partial charge in [0, 0.05) is 52.1 Å². The fourth-order valence-electron chi connectivity index (χ4n) is 4.56. The summed E-state index contributed by atoms with van der Waals surface area (Å²) in [5.74, 6) is 4.09. The normalized spacial score (nSPS) is 18.5. The number of guanidine groups is 1. The van der Waals surface area contributed by atoms with E-state index in [4.69, 9.17) is 4.74 Å². The summed E-state index contributed by atoms with van der Waals surface area (Å²) in [7, 11) is 3.56. The lowest BCUT2D eigenvalue weighted by atomic mass is 10.2. The maximum absolute atomic E-state index is 5.52. The van der Waals surface area contributed by atoms with E-state index in [1.807, 2.05) is 19.2 Å². The lowest BCUT2D eigenvalue weighted by molar-refractivity contribution is 0.415. The smallest absolute Gasteiger partial charge is 0.191 e. The van der Waals surface area contributed by atoms with Gasteiger partial charge in [-0.3, -0.25) is 4.99 Å². The first-order valence-electron chi connectivity index (χ1n) is 11.5. The standard InChI is InChI=1S/C23H35N7O.HI/c1-24-23(25-14-8-12-22-28-27-21-11-4-3-7-15-30(21)22)26-18-13-16-29(17-18)19-9-5-6-10-20(19)31-2;/h5-6,9-10,18H,3-4,7-8,11-17H2,1-2H3,(H2,24,25,26);1H. The topological polar surface area (TPSA) is 79.6 Å². The molecular weight excluding hydrogens is 517 g/mol. The number of aromatic nitrogens is 3. The van der Waals surface area contributed by atoms with E-state index >= 15 is 0 Å². The van der Waals surface area contributed by atoms with Gasteiger partial charge < -0.3 is 24.8 Å². The number of hydrogen-bond acceptors (Lipinski definition) is 5. The van der Waals surface area contributed by atoms with Gasteiger partial charge in [0.05, 0.1) is 12.8 Å². The van der Waals surface area contributed by atoms with Gasteiger partial charge in [0.15, 0.2) is 5.96 Å². The van der Waals surface area contributed by atoms with Crippen molar-refractivity contribution in [1.82, 2.24) is 25.4 Å². The van der Waals surface area contributed by atoms with Gasteiger partial charge in [-0.1, -0.05) is 18.6 Å². The third kappa shape index (κ3) is 6.05. The van der Waals surface area contributed by atoms with Crippen molar-refractivity contribution in [3.8, 4) is 5.75 Å². The van der Waals surface area contributed by atoms with Crippen LogP contribution in [-0.4, -0.2) is 60.6 Å². The zero-order valence-electron chi connectivity index (χ0n) is 19.2. The number of fused-ring (bicyclic) bond motifs is 1. The molecule has 176 valence electrons. The maximum Gasteiger partial charge on any atom is 0.191 e. The van der Waals surface area contributed by atoms with Crippen LogP contribution < -0.4 is 20.3 Å². The lowest BCUT2D eigenvalue weighted by Gasteiger charge is -2.22. The molecule has 1 aromatic carbocycles. The Kier molecular flexibility index (Phi) is 9.43. The highest BCUT2D eigenvalue weighted by Crippen LogP contribution is 2.30. The molecule has 1 fully saturated rings. The second-order valence-electron chi connectivity index (χ2n) is 8.35. The summed E-state index contributed by atoms with van der Waals surface area (Å²) < 4.78 is 7.86. The molecule has 0 aliphatic carbocycles. The predicted octanol–water partition coefficient (Wildman–Crippen LogP) is 3.01. The van der Waals surface area contributed by atoms with Crippen LogP contribution in [0.4, 0.5) is 5.69 Å².